The Morgan fingerprint density at radius 1 is 1.25 bits per heavy atom. The lowest BCUT2D eigenvalue weighted by Gasteiger charge is -2.10. The number of hydrogen-bond acceptors (Lipinski definition) is 5. The van der Waals surface area contributed by atoms with E-state index in [0.717, 1.165) is 0 Å². The summed E-state index contributed by atoms with van der Waals surface area (Å²) in [6.07, 6.45) is 0. The zero-order valence-electron chi connectivity index (χ0n) is 9.26. The van der Waals surface area contributed by atoms with Gasteiger partial charge in [0.25, 0.3) is 0 Å². The first-order valence-electron chi connectivity index (χ1n) is 4.70. The Morgan fingerprint density at radius 3 is 2.44 bits per heavy atom. The maximum Gasteiger partial charge on any atom is 0.183 e. The van der Waals surface area contributed by atoms with E-state index in [1.165, 1.54) is 26.4 Å². The van der Waals surface area contributed by atoms with Gasteiger partial charge in [-0.1, -0.05) is 0 Å². The Morgan fingerprint density at radius 2 is 1.94 bits per heavy atom. The van der Waals surface area contributed by atoms with Crippen LogP contribution in [0.25, 0.3) is 0 Å². The van der Waals surface area contributed by atoms with Crippen LogP contribution in [0.4, 0.5) is 0 Å². The predicted octanol–water partition coefficient (Wildman–Crippen LogP) is 0.436. The van der Waals surface area contributed by atoms with Crippen molar-refractivity contribution in [2.24, 2.45) is 5.73 Å². The topological polar surface area (TPSA) is 78.6 Å². The van der Waals surface area contributed by atoms with Gasteiger partial charge < -0.3 is 15.2 Å². The fourth-order valence-electron chi connectivity index (χ4n) is 1.30. The molecule has 0 amide bonds. The molecule has 5 nitrogen and oxygen atoms in total. The van der Waals surface area contributed by atoms with Crippen LogP contribution in [0.2, 0.25) is 0 Å². The highest BCUT2D eigenvalue weighted by Gasteiger charge is 2.19. The number of benzene rings is 1. The number of rotatable bonds is 5. The number of methoxy groups -OCH3 is 2. The Balaban J connectivity index is 3.24. The molecule has 0 radical (unpaired) electrons. The molecule has 0 aromatic heterocycles. The molecule has 0 fully saturated rings. The smallest absolute Gasteiger partial charge is 0.183 e. The van der Waals surface area contributed by atoms with Gasteiger partial charge in [-0.2, -0.15) is 0 Å². The first-order chi connectivity index (χ1) is 7.55. The highest BCUT2D eigenvalue weighted by molar-refractivity contribution is 7.91. The largest absolute Gasteiger partial charge is 0.497 e. The highest BCUT2D eigenvalue weighted by Crippen LogP contribution is 2.28. The molecule has 0 heterocycles. The molecule has 0 atom stereocenters. The molecule has 0 bridgehead atoms. The van der Waals surface area contributed by atoms with Crippen molar-refractivity contribution in [3.05, 3.63) is 18.2 Å². The van der Waals surface area contributed by atoms with Crippen LogP contribution in [0.1, 0.15) is 0 Å². The first kappa shape index (κ1) is 12.8. The van der Waals surface area contributed by atoms with E-state index in [9.17, 15) is 8.42 Å². The summed E-state index contributed by atoms with van der Waals surface area (Å²) in [7, 11) is -0.468. The quantitative estimate of drug-likeness (QED) is 0.814. The molecule has 0 aliphatic rings. The van der Waals surface area contributed by atoms with E-state index in [1.807, 2.05) is 0 Å². The zero-order chi connectivity index (χ0) is 12.2. The summed E-state index contributed by atoms with van der Waals surface area (Å²) in [6.45, 7) is 0.0809. The molecule has 0 saturated heterocycles. The van der Waals surface area contributed by atoms with E-state index in [2.05, 4.69) is 0 Å². The molecule has 6 heteroatoms. The molecule has 0 saturated carbocycles. The van der Waals surface area contributed by atoms with E-state index in [-0.39, 0.29) is 22.9 Å². The number of nitrogens with two attached hydrogens (primary N) is 1. The molecular formula is C10H15NO4S. The molecule has 0 unspecified atom stereocenters. The minimum Gasteiger partial charge on any atom is -0.497 e. The molecule has 0 spiro atoms. The summed E-state index contributed by atoms with van der Waals surface area (Å²) in [5.41, 5.74) is 5.25. The fourth-order valence-corrected chi connectivity index (χ4v) is 2.55. The molecule has 2 N–H and O–H groups in total. The Kier molecular flexibility index (Phi) is 4.14. The van der Waals surface area contributed by atoms with Gasteiger partial charge in [-0.3, -0.25) is 0 Å². The van der Waals surface area contributed by atoms with Crippen LogP contribution in [-0.4, -0.2) is 34.9 Å². The standard InChI is InChI=1S/C10H15NO4S/c1-14-8-3-4-10(9(7-8)15-2)16(12,13)6-5-11/h3-4,7H,5-6,11H2,1-2H3. The molecule has 0 aliphatic carbocycles. The van der Waals surface area contributed by atoms with E-state index in [0.29, 0.717) is 5.75 Å². The Labute approximate surface area is 95.1 Å². The lowest BCUT2D eigenvalue weighted by Crippen LogP contribution is -2.16. The molecule has 90 valence electrons. The second-order valence-corrected chi connectivity index (χ2v) is 5.20. The van der Waals surface area contributed by atoms with Crippen LogP contribution in [-0.2, 0) is 9.84 Å². The summed E-state index contributed by atoms with van der Waals surface area (Å²) < 4.78 is 33.6. The lowest BCUT2D eigenvalue weighted by molar-refractivity contribution is 0.386. The van der Waals surface area contributed by atoms with Crippen LogP contribution in [0.5, 0.6) is 11.5 Å². The third kappa shape index (κ3) is 2.65. The van der Waals surface area contributed by atoms with Crippen molar-refractivity contribution in [3.63, 3.8) is 0 Å². The van der Waals surface area contributed by atoms with Crippen molar-refractivity contribution in [1.82, 2.24) is 0 Å². The Hall–Kier alpha value is -1.27. The molecular weight excluding hydrogens is 230 g/mol. The van der Waals surface area contributed by atoms with Crippen LogP contribution in [0.3, 0.4) is 0 Å². The second-order valence-electron chi connectivity index (χ2n) is 3.12. The van der Waals surface area contributed by atoms with Crippen LogP contribution in [0, 0.1) is 0 Å². The van der Waals surface area contributed by atoms with Crippen LogP contribution in [0.15, 0.2) is 23.1 Å². The van der Waals surface area contributed by atoms with Gasteiger partial charge in [0.1, 0.15) is 16.4 Å². The van der Waals surface area contributed by atoms with Crippen LogP contribution >= 0.6 is 0 Å². The SMILES string of the molecule is COc1ccc(S(=O)(=O)CCN)c(OC)c1. The first-order valence-corrected chi connectivity index (χ1v) is 6.35. The van der Waals surface area contributed by atoms with E-state index >= 15 is 0 Å². The van der Waals surface area contributed by atoms with Crippen molar-refractivity contribution in [2.45, 2.75) is 4.90 Å². The number of sulfone groups is 1. The number of ether oxygens (including phenoxy) is 2. The average molecular weight is 245 g/mol. The van der Waals surface area contributed by atoms with Crippen molar-refractivity contribution < 1.29 is 17.9 Å². The Bertz CT molecular complexity index is 456. The minimum atomic E-state index is -3.38. The van der Waals surface area contributed by atoms with Gasteiger partial charge in [-0.25, -0.2) is 8.42 Å². The van der Waals surface area contributed by atoms with E-state index in [4.69, 9.17) is 15.2 Å². The predicted molar refractivity (Wildman–Crippen MR) is 60.7 cm³/mol. The maximum atomic E-state index is 11.8. The van der Waals surface area contributed by atoms with Crippen molar-refractivity contribution in [3.8, 4) is 11.5 Å². The third-order valence-electron chi connectivity index (χ3n) is 2.09. The average Bonchev–Trinajstić information content (AvgIpc) is 2.28. The lowest BCUT2D eigenvalue weighted by atomic mass is 10.3. The van der Waals surface area contributed by atoms with Gasteiger partial charge in [0, 0.05) is 12.6 Å². The van der Waals surface area contributed by atoms with Crippen molar-refractivity contribution in [1.29, 1.82) is 0 Å². The van der Waals surface area contributed by atoms with E-state index in [1.54, 1.807) is 6.07 Å². The van der Waals surface area contributed by atoms with Crippen molar-refractivity contribution in [2.75, 3.05) is 26.5 Å². The summed E-state index contributed by atoms with van der Waals surface area (Å²) in [6, 6.07) is 4.57. The van der Waals surface area contributed by atoms with Gasteiger partial charge in [0.2, 0.25) is 0 Å². The van der Waals surface area contributed by atoms with E-state index < -0.39 is 9.84 Å². The molecule has 1 rings (SSSR count). The van der Waals surface area contributed by atoms with Crippen LogP contribution < -0.4 is 15.2 Å². The summed E-state index contributed by atoms with van der Waals surface area (Å²) >= 11 is 0. The number of hydrogen-bond donors (Lipinski definition) is 1. The minimum absolute atomic E-state index is 0.0809. The monoisotopic (exact) mass is 245 g/mol. The van der Waals surface area contributed by atoms with Gasteiger partial charge >= 0.3 is 0 Å². The summed E-state index contributed by atoms with van der Waals surface area (Å²) in [5, 5.41) is 0. The zero-order valence-corrected chi connectivity index (χ0v) is 10.1. The van der Waals surface area contributed by atoms with Gasteiger partial charge in [-0.15, -0.1) is 0 Å². The maximum absolute atomic E-state index is 11.8. The molecule has 1 aromatic rings. The summed E-state index contributed by atoms with van der Waals surface area (Å²) in [4.78, 5) is 0.140. The highest BCUT2D eigenvalue weighted by atomic mass is 32.2. The normalized spacial score (nSPS) is 11.2. The molecule has 16 heavy (non-hydrogen) atoms. The van der Waals surface area contributed by atoms with Gasteiger partial charge in [-0.05, 0) is 12.1 Å². The fraction of sp³-hybridized carbons (Fsp3) is 0.400. The van der Waals surface area contributed by atoms with Gasteiger partial charge in [0.05, 0.1) is 20.0 Å². The van der Waals surface area contributed by atoms with Crippen molar-refractivity contribution >= 4 is 9.84 Å². The second kappa shape index (κ2) is 5.18. The summed E-state index contributed by atoms with van der Waals surface area (Å²) in [5.74, 6) is 0.715. The molecule has 0 aliphatic heterocycles. The molecule has 1 aromatic carbocycles. The van der Waals surface area contributed by atoms with Gasteiger partial charge in [0.15, 0.2) is 9.84 Å². The third-order valence-corrected chi connectivity index (χ3v) is 3.87.